The van der Waals surface area contributed by atoms with Crippen molar-refractivity contribution in [3.05, 3.63) is 235 Å². The van der Waals surface area contributed by atoms with E-state index in [2.05, 4.69) is 251 Å². The Morgan fingerprint density at radius 1 is 0.253 bits per heavy atom. The Morgan fingerprint density at radius 3 is 0.772 bits per heavy atom. The molecule has 4 nitrogen and oxygen atoms in total. The molecule has 384 valence electrons. The number of hydrogen-bond acceptors (Lipinski definition) is 2. The first-order chi connectivity index (χ1) is 37.9. The van der Waals surface area contributed by atoms with Crippen LogP contribution in [0.25, 0.3) is 111 Å². The topological polar surface area (TPSA) is 57.4 Å². The second-order valence-corrected chi connectivity index (χ2v) is 22.9. The molecule has 0 radical (unpaired) electrons. The fraction of sp³-hybridized carbons (Fsp3) is 0.173. The second-order valence-electron chi connectivity index (χ2n) is 22.9. The van der Waals surface area contributed by atoms with E-state index in [1.54, 1.807) is 0 Å². The molecule has 0 aliphatic rings. The van der Waals surface area contributed by atoms with Crippen molar-refractivity contribution in [2.45, 2.75) is 90.0 Å². The number of hydrogen-bond donors (Lipinski definition) is 0. The molecule has 79 heavy (non-hydrogen) atoms. The van der Waals surface area contributed by atoms with Gasteiger partial charge in [-0.25, -0.2) is 0 Å². The molecular weight excluding hydrogens is 957 g/mol. The van der Waals surface area contributed by atoms with Gasteiger partial charge in [-0.15, -0.1) is 0 Å². The van der Waals surface area contributed by atoms with Crippen molar-refractivity contribution in [3.63, 3.8) is 0 Å². The molecule has 0 saturated carbocycles. The van der Waals surface area contributed by atoms with Gasteiger partial charge in [-0.1, -0.05) is 101 Å². The SMILES string of the molecule is Cc1cc(C#N)cc(-c2c(-n3c4ccc(-c5c(C)cc(C)cc5C)cc4c4cc(-c5c(C)cc(C)cc5C)ccc43)cc(C#N)cc2-n2c3ccc(-c4c(C)cc(C)cc4C)cc3c3cc(-c4c(C)cc(C)cc4C)ccc32)c1. The predicted octanol–water partition coefficient (Wildman–Crippen LogP) is 20.0. The summed E-state index contributed by atoms with van der Waals surface area (Å²) in [5, 5.41) is 26.5. The maximum Gasteiger partial charge on any atom is 0.0993 e. The number of fused-ring (bicyclic) bond motifs is 6. The van der Waals surface area contributed by atoms with E-state index in [0.29, 0.717) is 11.1 Å². The Kier molecular flexibility index (Phi) is 12.2. The van der Waals surface area contributed by atoms with E-state index in [1.807, 2.05) is 12.1 Å². The Hall–Kier alpha value is -9.22. The molecule has 0 saturated heterocycles. The van der Waals surface area contributed by atoms with E-state index < -0.39 is 0 Å². The quantitative estimate of drug-likeness (QED) is 0.160. The summed E-state index contributed by atoms with van der Waals surface area (Å²) in [6, 6.07) is 61.4. The highest BCUT2D eigenvalue weighted by molar-refractivity contribution is 6.15. The molecule has 4 heteroatoms. The summed E-state index contributed by atoms with van der Waals surface area (Å²) in [4.78, 5) is 0. The zero-order valence-electron chi connectivity index (χ0n) is 47.7. The van der Waals surface area contributed by atoms with Crippen molar-refractivity contribution < 1.29 is 0 Å². The van der Waals surface area contributed by atoms with Crippen molar-refractivity contribution in [2.24, 2.45) is 0 Å². The number of nitrogens with zero attached hydrogens (tertiary/aromatic N) is 4. The molecule has 0 spiro atoms. The van der Waals surface area contributed by atoms with Gasteiger partial charge in [0.05, 0.1) is 56.7 Å². The van der Waals surface area contributed by atoms with Gasteiger partial charge in [-0.2, -0.15) is 10.5 Å². The summed E-state index contributed by atoms with van der Waals surface area (Å²) in [5.41, 5.74) is 34.3. The van der Waals surface area contributed by atoms with Crippen LogP contribution in [0.2, 0.25) is 0 Å². The zero-order chi connectivity index (χ0) is 55.5. The van der Waals surface area contributed by atoms with Crippen LogP contribution in [0.5, 0.6) is 0 Å². The van der Waals surface area contributed by atoms with Crippen LogP contribution in [0, 0.1) is 113 Å². The number of rotatable bonds is 7. The lowest BCUT2D eigenvalue weighted by atomic mass is 9.91. The van der Waals surface area contributed by atoms with Gasteiger partial charge in [0.1, 0.15) is 0 Å². The molecule has 0 aliphatic carbocycles. The molecule has 0 aliphatic heterocycles. The Bertz CT molecular complexity index is 4120. The van der Waals surface area contributed by atoms with Crippen LogP contribution in [0.4, 0.5) is 0 Å². The van der Waals surface area contributed by atoms with Crippen molar-refractivity contribution in [2.75, 3.05) is 0 Å². The van der Waals surface area contributed by atoms with Crippen LogP contribution in [0.15, 0.2) is 152 Å². The highest BCUT2D eigenvalue weighted by Gasteiger charge is 2.26. The summed E-state index contributed by atoms with van der Waals surface area (Å²) in [6.45, 7) is 28.5. The normalized spacial score (nSPS) is 11.6. The Morgan fingerprint density at radius 2 is 0.506 bits per heavy atom. The first kappa shape index (κ1) is 50.6. The standard InChI is InChI=1S/C75H64N4/c1-41-22-46(6)71(47(7)23-41)56-14-18-65-61(35-56)62-36-57(72-48(8)24-42(2)25-49(72)9)15-19-66(62)78(65)69-33-55(40-77)34-70(75(69)60-31-45(5)30-54(32-60)39-76)79-67-20-16-58(73-50(10)26-43(3)27-51(73)11)37-63(67)64-38-59(17-21-68(64)79)74-52(12)28-44(4)29-53(74)13/h14-38H,1-13H3. The molecule has 0 fully saturated rings. The summed E-state index contributed by atoms with van der Waals surface area (Å²) >= 11 is 0. The number of benzene rings is 10. The lowest BCUT2D eigenvalue weighted by Crippen LogP contribution is -2.05. The van der Waals surface area contributed by atoms with Gasteiger partial charge in [-0.3, -0.25) is 0 Å². The second kappa shape index (κ2) is 19.1. The van der Waals surface area contributed by atoms with Gasteiger partial charge in [0.15, 0.2) is 0 Å². The fourth-order valence-electron chi connectivity index (χ4n) is 14.0. The zero-order valence-corrected chi connectivity index (χ0v) is 47.7. The van der Waals surface area contributed by atoms with Crippen molar-refractivity contribution in [3.8, 4) is 79.1 Å². The largest absolute Gasteiger partial charge is 0.308 e. The molecule has 12 aromatic rings. The van der Waals surface area contributed by atoms with E-state index in [4.69, 9.17) is 0 Å². The van der Waals surface area contributed by atoms with Crippen molar-refractivity contribution in [1.82, 2.24) is 9.13 Å². The average Bonchev–Trinajstić information content (AvgIpc) is 3.68. The van der Waals surface area contributed by atoms with Gasteiger partial charge >= 0.3 is 0 Å². The Balaban J connectivity index is 1.23. The van der Waals surface area contributed by atoms with Crippen LogP contribution < -0.4 is 0 Å². The van der Waals surface area contributed by atoms with E-state index >= 15 is 0 Å². The maximum atomic E-state index is 11.3. The van der Waals surface area contributed by atoms with E-state index in [0.717, 1.165) is 93.9 Å². The summed E-state index contributed by atoms with van der Waals surface area (Å²) in [5.74, 6) is 0. The minimum atomic E-state index is 0.530. The molecule has 2 aromatic heterocycles. The minimum absolute atomic E-state index is 0.530. The highest BCUT2D eigenvalue weighted by atomic mass is 15.0. The molecule has 0 amide bonds. The van der Waals surface area contributed by atoms with E-state index in [1.165, 1.54) is 89.0 Å². The lowest BCUT2D eigenvalue weighted by Gasteiger charge is -2.22. The summed E-state index contributed by atoms with van der Waals surface area (Å²) in [7, 11) is 0. The monoisotopic (exact) mass is 1020 g/mol. The summed E-state index contributed by atoms with van der Waals surface area (Å²) < 4.78 is 4.76. The van der Waals surface area contributed by atoms with E-state index in [-0.39, 0.29) is 0 Å². The minimum Gasteiger partial charge on any atom is -0.308 e. The van der Waals surface area contributed by atoms with Crippen LogP contribution in [0.3, 0.4) is 0 Å². The van der Waals surface area contributed by atoms with Crippen LogP contribution in [-0.4, -0.2) is 9.13 Å². The molecule has 0 bridgehead atoms. The lowest BCUT2D eigenvalue weighted by molar-refractivity contribution is 1.13. The molecule has 2 heterocycles. The van der Waals surface area contributed by atoms with Crippen molar-refractivity contribution in [1.29, 1.82) is 10.5 Å². The van der Waals surface area contributed by atoms with Gasteiger partial charge in [0.25, 0.3) is 0 Å². The van der Waals surface area contributed by atoms with Crippen LogP contribution >= 0.6 is 0 Å². The van der Waals surface area contributed by atoms with Crippen LogP contribution in [-0.2, 0) is 0 Å². The van der Waals surface area contributed by atoms with Crippen LogP contribution in [0.1, 0.15) is 83.5 Å². The van der Waals surface area contributed by atoms with Gasteiger partial charge in [0.2, 0.25) is 0 Å². The summed E-state index contributed by atoms with van der Waals surface area (Å²) in [6.07, 6.45) is 0. The van der Waals surface area contributed by atoms with Gasteiger partial charge in [-0.05, 0) is 263 Å². The maximum absolute atomic E-state index is 11.3. The third-order valence-electron chi connectivity index (χ3n) is 16.6. The number of nitriles is 2. The molecule has 12 rings (SSSR count). The molecule has 0 unspecified atom stereocenters. The fourth-order valence-corrected chi connectivity index (χ4v) is 14.0. The predicted molar refractivity (Wildman–Crippen MR) is 333 cm³/mol. The molecular formula is C75H64N4. The molecule has 0 N–H and O–H groups in total. The first-order valence-electron chi connectivity index (χ1n) is 27.5. The van der Waals surface area contributed by atoms with E-state index in [9.17, 15) is 10.5 Å². The third kappa shape index (κ3) is 8.43. The molecule has 10 aromatic carbocycles. The average molecular weight is 1020 g/mol. The Labute approximate surface area is 465 Å². The number of aromatic nitrogens is 2. The number of aryl methyl sites for hydroxylation is 13. The van der Waals surface area contributed by atoms with Crippen molar-refractivity contribution >= 4 is 43.6 Å². The van der Waals surface area contributed by atoms with Gasteiger partial charge < -0.3 is 9.13 Å². The first-order valence-corrected chi connectivity index (χ1v) is 27.5. The molecule has 0 atom stereocenters. The third-order valence-corrected chi connectivity index (χ3v) is 16.6. The highest BCUT2D eigenvalue weighted by Crippen LogP contribution is 2.47. The smallest absolute Gasteiger partial charge is 0.0993 e. The van der Waals surface area contributed by atoms with Gasteiger partial charge in [0, 0.05) is 27.1 Å².